The third-order valence-electron chi connectivity index (χ3n) is 7.08. The zero-order valence-electron chi connectivity index (χ0n) is 23.3. The first kappa shape index (κ1) is 28.0. The first-order valence-corrected chi connectivity index (χ1v) is 14.2. The van der Waals surface area contributed by atoms with Gasteiger partial charge < -0.3 is 9.84 Å². The van der Waals surface area contributed by atoms with E-state index in [1.165, 1.54) is 11.8 Å². The number of benzene rings is 3. The number of thiazole rings is 1. The molecule has 7 nitrogen and oxygen atoms in total. The van der Waals surface area contributed by atoms with Gasteiger partial charge in [-0.3, -0.25) is 19.3 Å². The van der Waals surface area contributed by atoms with Crippen molar-refractivity contribution in [2.45, 2.75) is 46.8 Å². The molecule has 208 valence electrons. The van der Waals surface area contributed by atoms with Gasteiger partial charge in [0.15, 0.2) is 10.9 Å². The van der Waals surface area contributed by atoms with Crippen LogP contribution in [0, 0.1) is 13.8 Å². The number of hydrogen-bond acceptors (Lipinski definition) is 7. The number of aryl methyl sites for hydroxylation is 3. The van der Waals surface area contributed by atoms with Crippen molar-refractivity contribution in [1.29, 1.82) is 0 Å². The predicted molar refractivity (Wildman–Crippen MR) is 159 cm³/mol. The lowest BCUT2D eigenvalue weighted by Crippen LogP contribution is -2.29. The molecule has 1 fully saturated rings. The highest BCUT2D eigenvalue weighted by Gasteiger charge is 2.48. The molecule has 2 heterocycles. The van der Waals surface area contributed by atoms with E-state index in [1.54, 1.807) is 31.2 Å². The van der Waals surface area contributed by atoms with Gasteiger partial charge in [0.25, 0.3) is 5.78 Å². The minimum absolute atomic E-state index is 0.0371. The molecule has 1 aliphatic rings. The van der Waals surface area contributed by atoms with Crippen LogP contribution in [-0.2, 0) is 22.6 Å². The van der Waals surface area contributed by atoms with Crippen LogP contribution in [0.4, 0.5) is 5.13 Å². The number of hydrogen-bond donors (Lipinski definition) is 1. The van der Waals surface area contributed by atoms with E-state index in [1.807, 2.05) is 56.3 Å². The zero-order chi connectivity index (χ0) is 29.3. The molecule has 5 rings (SSSR count). The fraction of sp³-hybridized carbons (Fsp3) is 0.212. The number of aliphatic hydroxyl groups is 1. The second kappa shape index (κ2) is 11.5. The molecule has 1 atom stereocenters. The number of carbonyl (C=O) groups is 3. The first-order chi connectivity index (χ1) is 19.7. The third kappa shape index (κ3) is 5.56. The molecule has 0 spiro atoms. The third-order valence-corrected chi connectivity index (χ3v) is 8.33. The Morgan fingerprint density at radius 1 is 1.00 bits per heavy atom. The van der Waals surface area contributed by atoms with Crippen LogP contribution in [-0.4, -0.2) is 27.6 Å². The lowest BCUT2D eigenvalue weighted by molar-refractivity contribution is -0.132. The number of aliphatic hydroxyl groups excluding tert-OH is 1. The second-order valence-corrected chi connectivity index (χ2v) is 11.0. The van der Waals surface area contributed by atoms with Crippen molar-refractivity contribution in [2.24, 2.45) is 0 Å². The standard InChI is InChI=1S/C33H30N2O5S/c1-5-22-9-11-24(12-10-22)28-27(30(38)32(39)35(28)33-34-20(3)31(41-33)21(4)36)29(37)25-13-15-26(16-14-25)40-18-23-8-6-7-19(2)17-23/h6-17,28,37H,5,18H2,1-4H3/b29-27+. The summed E-state index contributed by atoms with van der Waals surface area (Å²) in [4.78, 5) is 45.2. The van der Waals surface area contributed by atoms with Crippen molar-refractivity contribution in [3.05, 3.63) is 117 Å². The lowest BCUT2D eigenvalue weighted by Gasteiger charge is -2.23. The molecular formula is C33H30N2O5S. The van der Waals surface area contributed by atoms with Gasteiger partial charge >= 0.3 is 5.91 Å². The van der Waals surface area contributed by atoms with E-state index in [0.29, 0.717) is 34.1 Å². The highest BCUT2D eigenvalue weighted by molar-refractivity contribution is 7.18. The summed E-state index contributed by atoms with van der Waals surface area (Å²) in [6.45, 7) is 7.58. The van der Waals surface area contributed by atoms with E-state index in [4.69, 9.17) is 4.74 Å². The fourth-order valence-electron chi connectivity index (χ4n) is 4.93. The monoisotopic (exact) mass is 566 g/mol. The number of nitrogens with zero attached hydrogens (tertiary/aromatic N) is 2. The van der Waals surface area contributed by atoms with Crippen LogP contribution in [0.1, 0.15) is 63.1 Å². The smallest absolute Gasteiger partial charge is 0.301 e. The van der Waals surface area contributed by atoms with Gasteiger partial charge in [0.05, 0.1) is 22.2 Å². The highest BCUT2D eigenvalue weighted by atomic mass is 32.1. The van der Waals surface area contributed by atoms with Crippen molar-refractivity contribution in [2.75, 3.05) is 4.90 Å². The largest absolute Gasteiger partial charge is 0.507 e. The zero-order valence-corrected chi connectivity index (χ0v) is 24.1. The van der Waals surface area contributed by atoms with E-state index < -0.39 is 17.7 Å². The number of amides is 1. The number of Topliss-reactive ketones (excluding diaryl/α,β-unsaturated/α-hetero) is 2. The molecule has 41 heavy (non-hydrogen) atoms. The predicted octanol–water partition coefficient (Wildman–Crippen LogP) is 6.73. The van der Waals surface area contributed by atoms with Gasteiger partial charge in [-0.05, 0) is 61.2 Å². The van der Waals surface area contributed by atoms with E-state index in [9.17, 15) is 19.5 Å². The van der Waals surface area contributed by atoms with Crippen LogP contribution in [0.3, 0.4) is 0 Å². The second-order valence-electron chi connectivity index (χ2n) is 10.0. The molecule has 0 radical (unpaired) electrons. The number of ketones is 2. The molecule has 1 amide bonds. The molecule has 0 saturated carbocycles. The molecule has 1 aliphatic heterocycles. The van der Waals surface area contributed by atoms with Crippen molar-refractivity contribution >= 4 is 39.7 Å². The Morgan fingerprint density at radius 2 is 1.71 bits per heavy atom. The maximum absolute atomic E-state index is 13.5. The van der Waals surface area contributed by atoms with Crippen LogP contribution in [0.5, 0.6) is 5.75 Å². The van der Waals surface area contributed by atoms with Crippen molar-refractivity contribution in [1.82, 2.24) is 4.98 Å². The Balaban J connectivity index is 1.53. The molecular weight excluding hydrogens is 536 g/mol. The van der Waals surface area contributed by atoms with Crippen molar-refractivity contribution < 1.29 is 24.2 Å². The Kier molecular flexibility index (Phi) is 7.85. The number of anilines is 1. The van der Waals surface area contributed by atoms with Gasteiger partial charge in [-0.2, -0.15) is 0 Å². The van der Waals surface area contributed by atoms with E-state index in [2.05, 4.69) is 11.1 Å². The van der Waals surface area contributed by atoms with E-state index >= 15 is 0 Å². The lowest BCUT2D eigenvalue weighted by atomic mass is 9.94. The van der Waals surface area contributed by atoms with Gasteiger partial charge in [0.1, 0.15) is 18.1 Å². The molecule has 3 aromatic carbocycles. The van der Waals surface area contributed by atoms with Gasteiger partial charge in [-0.1, -0.05) is 72.4 Å². The van der Waals surface area contributed by atoms with Crippen LogP contribution in [0.2, 0.25) is 0 Å². The Hall–Kier alpha value is -4.56. The average Bonchev–Trinajstić information content (AvgIpc) is 3.48. The van der Waals surface area contributed by atoms with Gasteiger partial charge in [-0.15, -0.1) is 0 Å². The molecule has 4 aromatic rings. The van der Waals surface area contributed by atoms with Gasteiger partial charge in [0, 0.05) is 12.5 Å². The van der Waals surface area contributed by atoms with Crippen molar-refractivity contribution in [3.63, 3.8) is 0 Å². The Morgan fingerprint density at radius 3 is 2.32 bits per heavy atom. The summed E-state index contributed by atoms with van der Waals surface area (Å²) < 4.78 is 5.90. The van der Waals surface area contributed by atoms with Crippen molar-refractivity contribution in [3.8, 4) is 5.75 Å². The molecule has 0 bridgehead atoms. The average molecular weight is 567 g/mol. The highest BCUT2D eigenvalue weighted by Crippen LogP contribution is 2.44. The van der Waals surface area contributed by atoms with Crippen LogP contribution in [0.25, 0.3) is 5.76 Å². The minimum atomic E-state index is -0.913. The molecule has 1 N–H and O–H groups in total. The topological polar surface area (TPSA) is 96.8 Å². The molecule has 1 saturated heterocycles. The van der Waals surface area contributed by atoms with Crippen LogP contribution >= 0.6 is 11.3 Å². The number of ether oxygens (including phenoxy) is 1. The van der Waals surface area contributed by atoms with Gasteiger partial charge in [-0.25, -0.2) is 4.98 Å². The summed E-state index contributed by atoms with van der Waals surface area (Å²) >= 11 is 1.06. The summed E-state index contributed by atoms with van der Waals surface area (Å²) in [7, 11) is 0. The Bertz CT molecular complexity index is 1670. The molecule has 1 unspecified atom stereocenters. The molecule has 0 aliphatic carbocycles. The summed E-state index contributed by atoms with van der Waals surface area (Å²) in [5.74, 6) is -1.48. The molecule has 8 heteroatoms. The number of rotatable bonds is 8. The maximum Gasteiger partial charge on any atom is 0.301 e. The maximum atomic E-state index is 13.5. The van der Waals surface area contributed by atoms with E-state index in [-0.39, 0.29) is 22.2 Å². The summed E-state index contributed by atoms with van der Waals surface area (Å²) in [5, 5.41) is 11.7. The summed E-state index contributed by atoms with van der Waals surface area (Å²) in [5.41, 5.74) is 4.75. The summed E-state index contributed by atoms with van der Waals surface area (Å²) in [6.07, 6.45) is 0.826. The number of aromatic nitrogens is 1. The fourth-order valence-corrected chi connectivity index (χ4v) is 5.91. The Labute approximate surface area is 242 Å². The van der Waals surface area contributed by atoms with E-state index in [0.717, 1.165) is 34.4 Å². The van der Waals surface area contributed by atoms with Gasteiger partial charge in [0.2, 0.25) is 0 Å². The minimum Gasteiger partial charge on any atom is -0.507 e. The normalized spacial score (nSPS) is 16.3. The van der Waals surface area contributed by atoms with Crippen LogP contribution in [0.15, 0.2) is 78.4 Å². The summed E-state index contributed by atoms with van der Waals surface area (Å²) in [6, 6.07) is 21.5. The van der Waals surface area contributed by atoms with Crippen LogP contribution < -0.4 is 9.64 Å². The molecule has 1 aromatic heterocycles. The SMILES string of the molecule is CCc1ccc(C2/C(=C(\O)c3ccc(OCc4cccc(C)c4)cc3)C(=O)C(=O)N2c2nc(C)c(C(C)=O)s2)cc1. The first-order valence-electron chi connectivity index (χ1n) is 13.3. The number of carbonyl (C=O) groups excluding carboxylic acids is 3. The quantitative estimate of drug-likeness (QED) is 0.110.